The molecule has 1 aromatic carbocycles. The van der Waals surface area contributed by atoms with E-state index in [9.17, 15) is 9.59 Å². The maximum absolute atomic E-state index is 12.7. The van der Waals surface area contributed by atoms with Crippen LogP contribution in [0.15, 0.2) is 47.1 Å². The van der Waals surface area contributed by atoms with E-state index in [0.29, 0.717) is 29.4 Å². The fraction of sp³-hybridized carbons (Fsp3) is 0.300. The molecule has 0 saturated heterocycles. The Morgan fingerprint density at radius 3 is 2.85 bits per heavy atom. The maximum atomic E-state index is 12.7. The predicted molar refractivity (Wildman–Crippen MR) is 100 cm³/mol. The molecule has 3 rings (SSSR count). The second-order valence-electron chi connectivity index (χ2n) is 6.74. The fourth-order valence-electron chi connectivity index (χ4n) is 2.77. The van der Waals surface area contributed by atoms with Crippen LogP contribution in [0, 0.1) is 5.41 Å². The molecule has 2 heterocycles. The first-order valence-corrected chi connectivity index (χ1v) is 8.52. The molecule has 0 atom stereocenters. The number of amides is 2. The highest BCUT2D eigenvalue weighted by Crippen LogP contribution is 2.38. The second-order valence-corrected chi connectivity index (χ2v) is 6.74. The van der Waals surface area contributed by atoms with Gasteiger partial charge in [-0.3, -0.25) is 9.59 Å². The highest BCUT2D eigenvalue weighted by atomic mass is 16.5. The van der Waals surface area contributed by atoms with Crippen LogP contribution in [0.5, 0.6) is 5.75 Å². The van der Waals surface area contributed by atoms with Crippen LogP contribution in [-0.4, -0.2) is 25.0 Å². The van der Waals surface area contributed by atoms with E-state index in [1.807, 2.05) is 20.8 Å². The molecule has 2 aromatic rings. The van der Waals surface area contributed by atoms with Crippen LogP contribution < -0.4 is 15.0 Å². The van der Waals surface area contributed by atoms with Gasteiger partial charge in [-0.05, 0) is 51.1 Å². The van der Waals surface area contributed by atoms with Gasteiger partial charge in [-0.25, -0.2) is 0 Å². The van der Waals surface area contributed by atoms with Gasteiger partial charge in [0, 0.05) is 24.4 Å². The van der Waals surface area contributed by atoms with Gasteiger partial charge < -0.3 is 19.4 Å². The van der Waals surface area contributed by atoms with Gasteiger partial charge in [0.1, 0.15) is 18.1 Å². The zero-order chi connectivity index (χ0) is 18.7. The predicted octanol–water partition coefficient (Wildman–Crippen LogP) is 3.70. The van der Waals surface area contributed by atoms with Crippen LogP contribution >= 0.6 is 0 Å². The standard InChI is InChI=1S/C20H22N2O4/c1-4-22-16-9-7-14(12-17(16)26-13-20(2,3)19(22)24)21-18(23)10-8-15-6-5-11-25-15/h5-12H,4,13H2,1-3H3,(H,21,23)/b10-8+. The fourth-order valence-corrected chi connectivity index (χ4v) is 2.77. The molecule has 0 aliphatic carbocycles. The van der Waals surface area contributed by atoms with Crippen molar-refractivity contribution in [2.45, 2.75) is 20.8 Å². The number of ether oxygens (including phenoxy) is 1. The minimum atomic E-state index is -0.607. The Kier molecular flexibility index (Phi) is 4.84. The van der Waals surface area contributed by atoms with Crippen molar-refractivity contribution in [3.8, 4) is 5.75 Å². The monoisotopic (exact) mass is 354 g/mol. The summed E-state index contributed by atoms with van der Waals surface area (Å²) in [6.45, 7) is 6.50. The van der Waals surface area contributed by atoms with Crippen LogP contribution in [0.25, 0.3) is 6.08 Å². The first-order chi connectivity index (χ1) is 12.4. The molecule has 1 aromatic heterocycles. The Morgan fingerprint density at radius 2 is 2.15 bits per heavy atom. The molecule has 0 spiro atoms. The molecule has 0 unspecified atom stereocenters. The second kappa shape index (κ2) is 7.07. The summed E-state index contributed by atoms with van der Waals surface area (Å²) in [5.41, 5.74) is 0.706. The van der Waals surface area contributed by atoms with E-state index in [1.54, 1.807) is 47.6 Å². The molecule has 0 saturated carbocycles. The van der Waals surface area contributed by atoms with Crippen molar-refractivity contribution >= 4 is 29.3 Å². The van der Waals surface area contributed by atoms with Gasteiger partial charge in [0.2, 0.25) is 11.8 Å². The summed E-state index contributed by atoms with van der Waals surface area (Å²) in [5, 5.41) is 2.79. The van der Waals surface area contributed by atoms with Crippen molar-refractivity contribution in [1.29, 1.82) is 0 Å². The Morgan fingerprint density at radius 1 is 1.35 bits per heavy atom. The molecule has 136 valence electrons. The third-order valence-corrected chi connectivity index (χ3v) is 4.19. The van der Waals surface area contributed by atoms with Gasteiger partial charge in [-0.2, -0.15) is 0 Å². The van der Waals surface area contributed by atoms with Crippen molar-refractivity contribution in [3.63, 3.8) is 0 Å². The molecule has 6 nitrogen and oxygen atoms in total. The molecule has 1 aliphatic heterocycles. The first kappa shape index (κ1) is 17.8. The van der Waals surface area contributed by atoms with Crippen LogP contribution in [0.2, 0.25) is 0 Å². The SMILES string of the molecule is CCN1C(=O)C(C)(C)COc2cc(NC(=O)/C=C/c3ccco3)ccc21. The lowest BCUT2D eigenvalue weighted by molar-refractivity contribution is -0.127. The minimum absolute atomic E-state index is 0.0249. The highest BCUT2D eigenvalue weighted by molar-refractivity contribution is 6.03. The third kappa shape index (κ3) is 3.64. The van der Waals surface area contributed by atoms with E-state index in [4.69, 9.17) is 9.15 Å². The summed E-state index contributed by atoms with van der Waals surface area (Å²) < 4.78 is 11.0. The Balaban J connectivity index is 1.79. The Labute approximate surface area is 152 Å². The molecule has 0 fully saturated rings. The molecule has 0 bridgehead atoms. The van der Waals surface area contributed by atoms with Crippen LogP contribution in [0.1, 0.15) is 26.5 Å². The largest absolute Gasteiger partial charge is 0.490 e. The minimum Gasteiger partial charge on any atom is -0.490 e. The molecule has 1 aliphatic rings. The molecule has 0 radical (unpaired) electrons. The lowest BCUT2D eigenvalue weighted by Crippen LogP contribution is -2.42. The van der Waals surface area contributed by atoms with Gasteiger partial charge >= 0.3 is 0 Å². The van der Waals surface area contributed by atoms with Crippen molar-refractivity contribution in [2.24, 2.45) is 5.41 Å². The van der Waals surface area contributed by atoms with E-state index in [-0.39, 0.29) is 18.4 Å². The molecular formula is C20H22N2O4. The van der Waals surface area contributed by atoms with E-state index < -0.39 is 5.41 Å². The quantitative estimate of drug-likeness (QED) is 0.850. The van der Waals surface area contributed by atoms with E-state index in [2.05, 4.69) is 5.32 Å². The summed E-state index contributed by atoms with van der Waals surface area (Å²) in [6, 6.07) is 8.81. The molecule has 1 N–H and O–H groups in total. The van der Waals surface area contributed by atoms with E-state index in [1.165, 1.54) is 6.08 Å². The topological polar surface area (TPSA) is 71.8 Å². The summed E-state index contributed by atoms with van der Waals surface area (Å²) in [4.78, 5) is 26.5. The zero-order valence-electron chi connectivity index (χ0n) is 15.1. The number of anilines is 2. The molecule has 2 amide bonds. The van der Waals surface area contributed by atoms with E-state index >= 15 is 0 Å². The lowest BCUT2D eigenvalue weighted by atomic mass is 9.93. The van der Waals surface area contributed by atoms with E-state index in [0.717, 1.165) is 0 Å². The number of furan rings is 1. The molecule has 26 heavy (non-hydrogen) atoms. The molecular weight excluding hydrogens is 332 g/mol. The van der Waals surface area contributed by atoms with Crippen LogP contribution in [0.4, 0.5) is 11.4 Å². The first-order valence-electron chi connectivity index (χ1n) is 8.52. The van der Waals surface area contributed by atoms with Gasteiger partial charge in [-0.1, -0.05) is 0 Å². The summed E-state index contributed by atoms with van der Waals surface area (Å²) >= 11 is 0. The summed E-state index contributed by atoms with van der Waals surface area (Å²) in [6.07, 6.45) is 4.54. The number of hydrogen-bond acceptors (Lipinski definition) is 4. The van der Waals surface area contributed by atoms with Crippen molar-refractivity contribution in [3.05, 3.63) is 48.4 Å². The van der Waals surface area contributed by atoms with Crippen molar-refractivity contribution < 1.29 is 18.7 Å². The average molecular weight is 354 g/mol. The average Bonchev–Trinajstić information content (AvgIpc) is 3.10. The smallest absolute Gasteiger partial charge is 0.248 e. The number of rotatable bonds is 4. The van der Waals surface area contributed by atoms with Crippen molar-refractivity contribution in [1.82, 2.24) is 0 Å². The van der Waals surface area contributed by atoms with Gasteiger partial charge in [0.05, 0.1) is 17.4 Å². The highest BCUT2D eigenvalue weighted by Gasteiger charge is 2.37. The number of nitrogens with one attached hydrogen (secondary N) is 1. The van der Waals surface area contributed by atoms with Crippen LogP contribution in [-0.2, 0) is 9.59 Å². The Bertz CT molecular complexity index is 838. The number of nitrogens with zero attached hydrogens (tertiary/aromatic N) is 1. The summed E-state index contributed by atoms with van der Waals surface area (Å²) in [5.74, 6) is 0.930. The number of hydrogen-bond donors (Lipinski definition) is 1. The lowest BCUT2D eigenvalue weighted by Gasteiger charge is -2.26. The number of fused-ring (bicyclic) bond motifs is 1. The number of carbonyl (C=O) groups is 2. The Hall–Kier alpha value is -3.02. The summed E-state index contributed by atoms with van der Waals surface area (Å²) in [7, 11) is 0. The number of carbonyl (C=O) groups excluding carboxylic acids is 2. The maximum Gasteiger partial charge on any atom is 0.248 e. The molecule has 6 heteroatoms. The van der Waals surface area contributed by atoms with Crippen LogP contribution in [0.3, 0.4) is 0 Å². The van der Waals surface area contributed by atoms with Gasteiger partial charge in [-0.15, -0.1) is 0 Å². The van der Waals surface area contributed by atoms with Gasteiger partial charge in [0.15, 0.2) is 0 Å². The van der Waals surface area contributed by atoms with Gasteiger partial charge in [0.25, 0.3) is 0 Å². The zero-order valence-corrected chi connectivity index (χ0v) is 15.1. The van der Waals surface area contributed by atoms with Crippen molar-refractivity contribution in [2.75, 3.05) is 23.4 Å². The number of benzene rings is 1. The third-order valence-electron chi connectivity index (χ3n) is 4.19. The normalized spacial score (nSPS) is 16.1.